The SMILES string of the molecule is CNC(C)c1ccc(C(F)(F)F)cn1.Cl. The molecule has 1 aromatic heterocycles. The molecule has 1 N–H and O–H groups in total. The molecular formula is C9H12ClF3N2. The van der Waals surface area contributed by atoms with Gasteiger partial charge >= 0.3 is 6.18 Å². The van der Waals surface area contributed by atoms with Crippen LogP contribution >= 0.6 is 12.4 Å². The molecule has 0 spiro atoms. The molecule has 0 aliphatic rings. The second-order valence-corrected chi connectivity index (χ2v) is 2.98. The van der Waals surface area contributed by atoms with Crippen molar-refractivity contribution < 1.29 is 13.2 Å². The van der Waals surface area contributed by atoms with Gasteiger partial charge in [-0.25, -0.2) is 0 Å². The highest BCUT2D eigenvalue weighted by Gasteiger charge is 2.30. The van der Waals surface area contributed by atoms with Gasteiger partial charge in [0, 0.05) is 12.2 Å². The molecule has 0 amide bonds. The molecule has 0 saturated heterocycles. The molecule has 1 unspecified atom stereocenters. The van der Waals surface area contributed by atoms with Crippen LogP contribution in [0.25, 0.3) is 0 Å². The van der Waals surface area contributed by atoms with Crippen molar-refractivity contribution in [1.29, 1.82) is 0 Å². The van der Waals surface area contributed by atoms with Crippen LogP contribution in [0.1, 0.15) is 24.2 Å². The summed E-state index contributed by atoms with van der Waals surface area (Å²) in [6.45, 7) is 1.83. The summed E-state index contributed by atoms with van der Waals surface area (Å²) in [6, 6.07) is 2.37. The van der Waals surface area contributed by atoms with Crippen LogP contribution in [-0.4, -0.2) is 12.0 Å². The van der Waals surface area contributed by atoms with Crippen molar-refractivity contribution in [3.8, 4) is 0 Å². The lowest BCUT2D eigenvalue weighted by Crippen LogP contribution is -2.14. The van der Waals surface area contributed by atoms with Crippen molar-refractivity contribution in [2.75, 3.05) is 7.05 Å². The van der Waals surface area contributed by atoms with Gasteiger partial charge in [-0.05, 0) is 26.1 Å². The maximum atomic E-state index is 12.1. The van der Waals surface area contributed by atoms with Gasteiger partial charge in [-0.1, -0.05) is 0 Å². The highest BCUT2D eigenvalue weighted by atomic mass is 35.5. The van der Waals surface area contributed by atoms with E-state index in [2.05, 4.69) is 10.3 Å². The third kappa shape index (κ3) is 3.68. The molecule has 2 nitrogen and oxygen atoms in total. The monoisotopic (exact) mass is 240 g/mol. The fraction of sp³-hybridized carbons (Fsp3) is 0.444. The van der Waals surface area contributed by atoms with Gasteiger partial charge in [-0.15, -0.1) is 12.4 Å². The largest absolute Gasteiger partial charge is 0.417 e. The molecule has 86 valence electrons. The Kier molecular flexibility index (Phi) is 5.03. The lowest BCUT2D eigenvalue weighted by molar-refractivity contribution is -0.137. The van der Waals surface area contributed by atoms with E-state index in [4.69, 9.17) is 0 Å². The van der Waals surface area contributed by atoms with E-state index in [1.54, 1.807) is 7.05 Å². The quantitative estimate of drug-likeness (QED) is 0.860. The lowest BCUT2D eigenvalue weighted by Gasteiger charge is -2.11. The molecule has 15 heavy (non-hydrogen) atoms. The summed E-state index contributed by atoms with van der Waals surface area (Å²) in [5.74, 6) is 0. The molecule has 0 bridgehead atoms. The number of hydrogen-bond acceptors (Lipinski definition) is 2. The third-order valence-electron chi connectivity index (χ3n) is 1.99. The Hall–Kier alpha value is -0.810. The average molecular weight is 241 g/mol. The van der Waals surface area contributed by atoms with E-state index >= 15 is 0 Å². The second kappa shape index (κ2) is 5.32. The minimum atomic E-state index is -4.31. The fourth-order valence-corrected chi connectivity index (χ4v) is 0.977. The minimum Gasteiger partial charge on any atom is -0.312 e. The van der Waals surface area contributed by atoms with E-state index in [1.807, 2.05) is 6.92 Å². The second-order valence-electron chi connectivity index (χ2n) is 2.98. The van der Waals surface area contributed by atoms with Gasteiger partial charge in [0.2, 0.25) is 0 Å². The van der Waals surface area contributed by atoms with Crippen molar-refractivity contribution >= 4 is 12.4 Å². The van der Waals surface area contributed by atoms with E-state index in [1.165, 1.54) is 6.07 Å². The van der Waals surface area contributed by atoms with Crippen LogP contribution in [0.15, 0.2) is 18.3 Å². The molecule has 1 atom stereocenters. The highest BCUT2D eigenvalue weighted by Crippen LogP contribution is 2.28. The number of pyridine rings is 1. The summed E-state index contributed by atoms with van der Waals surface area (Å²) >= 11 is 0. The van der Waals surface area contributed by atoms with Gasteiger partial charge in [-0.3, -0.25) is 4.98 Å². The average Bonchev–Trinajstić information content (AvgIpc) is 2.15. The van der Waals surface area contributed by atoms with Crippen molar-refractivity contribution in [1.82, 2.24) is 10.3 Å². The van der Waals surface area contributed by atoms with E-state index in [0.717, 1.165) is 12.3 Å². The van der Waals surface area contributed by atoms with Gasteiger partial charge in [-0.2, -0.15) is 13.2 Å². The predicted molar refractivity (Wildman–Crippen MR) is 54.0 cm³/mol. The number of rotatable bonds is 2. The van der Waals surface area contributed by atoms with Crippen LogP contribution in [-0.2, 0) is 6.18 Å². The molecule has 1 aromatic rings. The summed E-state index contributed by atoms with van der Waals surface area (Å²) in [6.07, 6.45) is -3.46. The summed E-state index contributed by atoms with van der Waals surface area (Å²) in [7, 11) is 1.73. The first-order chi connectivity index (χ1) is 6.45. The van der Waals surface area contributed by atoms with Gasteiger partial charge < -0.3 is 5.32 Å². The standard InChI is InChI=1S/C9H11F3N2.ClH/c1-6(13-2)8-4-3-7(5-14-8)9(10,11)12;/h3-6,13H,1-2H3;1H. The first-order valence-electron chi connectivity index (χ1n) is 4.15. The molecule has 0 aliphatic carbocycles. The number of nitrogens with zero attached hydrogens (tertiary/aromatic N) is 1. The number of alkyl halides is 3. The maximum absolute atomic E-state index is 12.1. The third-order valence-corrected chi connectivity index (χ3v) is 1.99. The van der Waals surface area contributed by atoms with E-state index in [0.29, 0.717) is 5.69 Å². The van der Waals surface area contributed by atoms with Crippen LogP contribution < -0.4 is 5.32 Å². The molecule has 0 saturated carbocycles. The Morgan fingerprint density at radius 2 is 1.93 bits per heavy atom. The highest BCUT2D eigenvalue weighted by molar-refractivity contribution is 5.85. The number of halogens is 4. The molecule has 0 aromatic carbocycles. The smallest absolute Gasteiger partial charge is 0.312 e. The maximum Gasteiger partial charge on any atom is 0.417 e. The molecule has 1 rings (SSSR count). The predicted octanol–water partition coefficient (Wildman–Crippen LogP) is 2.80. The number of hydrogen-bond donors (Lipinski definition) is 1. The minimum absolute atomic E-state index is 0. The van der Waals surface area contributed by atoms with Crippen molar-refractivity contribution in [2.45, 2.75) is 19.1 Å². The van der Waals surface area contributed by atoms with Crippen LogP contribution in [0.2, 0.25) is 0 Å². The van der Waals surface area contributed by atoms with Crippen LogP contribution in [0.3, 0.4) is 0 Å². The van der Waals surface area contributed by atoms with E-state index in [-0.39, 0.29) is 18.4 Å². The first-order valence-corrected chi connectivity index (χ1v) is 4.15. The van der Waals surface area contributed by atoms with Crippen LogP contribution in [0.5, 0.6) is 0 Å². The van der Waals surface area contributed by atoms with Crippen molar-refractivity contribution in [2.24, 2.45) is 0 Å². The molecular weight excluding hydrogens is 229 g/mol. The number of aromatic nitrogens is 1. The zero-order valence-corrected chi connectivity index (χ0v) is 9.12. The van der Waals surface area contributed by atoms with Crippen LogP contribution in [0.4, 0.5) is 13.2 Å². The molecule has 1 heterocycles. The molecule has 0 aliphatic heterocycles. The Morgan fingerprint density at radius 1 is 1.33 bits per heavy atom. The zero-order chi connectivity index (χ0) is 10.8. The van der Waals surface area contributed by atoms with Crippen molar-refractivity contribution in [3.63, 3.8) is 0 Å². The lowest BCUT2D eigenvalue weighted by atomic mass is 10.2. The Balaban J connectivity index is 0.00000196. The van der Waals surface area contributed by atoms with Gasteiger partial charge in [0.05, 0.1) is 11.3 Å². The summed E-state index contributed by atoms with van der Waals surface area (Å²) < 4.78 is 36.4. The van der Waals surface area contributed by atoms with E-state index < -0.39 is 11.7 Å². The van der Waals surface area contributed by atoms with E-state index in [9.17, 15) is 13.2 Å². The topological polar surface area (TPSA) is 24.9 Å². The Bertz CT molecular complexity index is 297. The van der Waals surface area contributed by atoms with Crippen molar-refractivity contribution in [3.05, 3.63) is 29.6 Å². The summed E-state index contributed by atoms with van der Waals surface area (Å²) in [5.41, 5.74) is -0.120. The summed E-state index contributed by atoms with van der Waals surface area (Å²) in [4.78, 5) is 3.73. The molecule has 6 heteroatoms. The Labute approximate surface area is 92.3 Å². The first kappa shape index (κ1) is 14.2. The van der Waals surface area contributed by atoms with Gasteiger partial charge in [0.25, 0.3) is 0 Å². The zero-order valence-electron chi connectivity index (χ0n) is 8.30. The van der Waals surface area contributed by atoms with Crippen LogP contribution in [0, 0.1) is 0 Å². The number of nitrogens with one attached hydrogen (secondary N) is 1. The Morgan fingerprint density at radius 3 is 2.27 bits per heavy atom. The van der Waals surface area contributed by atoms with Gasteiger partial charge in [0.1, 0.15) is 0 Å². The fourth-order valence-electron chi connectivity index (χ4n) is 0.977. The normalized spacial score (nSPS) is 13.1. The molecule has 0 fully saturated rings. The molecule has 0 radical (unpaired) electrons. The summed E-state index contributed by atoms with van der Waals surface area (Å²) in [5, 5.41) is 2.90. The van der Waals surface area contributed by atoms with Gasteiger partial charge in [0.15, 0.2) is 0 Å².